The molecule has 2 rings (SSSR count). The number of hydrogen-bond acceptors (Lipinski definition) is 3. The molecule has 1 fully saturated rings. The topological polar surface area (TPSA) is 66.6 Å². The van der Waals surface area contributed by atoms with Gasteiger partial charge in [-0.1, -0.05) is 37.6 Å². The largest absolute Gasteiger partial charge is 0.481 e. The maximum absolute atomic E-state index is 11.0. The van der Waals surface area contributed by atoms with Crippen LogP contribution in [0.5, 0.6) is 0 Å². The van der Waals surface area contributed by atoms with Gasteiger partial charge in [-0.25, -0.2) is 0 Å². The fraction of sp³-hybridized carbons (Fsp3) is 0.588. The van der Waals surface area contributed by atoms with Crippen molar-refractivity contribution < 1.29 is 9.90 Å². The molecule has 1 aliphatic rings. The molecule has 0 radical (unpaired) electrons. The Morgan fingerprint density at radius 1 is 1.33 bits per heavy atom. The molecule has 0 bridgehead atoms. The molecule has 1 aromatic carbocycles. The third-order valence-corrected chi connectivity index (χ3v) is 4.63. The zero-order valence-corrected chi connectivity index (χ0v) is 12.8. The Morgan fingerprint density at radius 3 is 2.67 bits per heavy atom. The molecule has 1 aliphatic carbocycles. The second-order valence-corrected chi connectivity index (χ2v) is 5.90. The summed E-state index contributed by atoms with van der Waals surface area (Å²) >= 11 is 0. The molecule has 1 saturated carbocycles. The molecule has 4 nitrogen and oxygen atoms in total. The first-order valence-electron chi connectivity index (χ1n) is 7.88. The number of nitrogens with two attached hydrogens (primary N) is 1. The van der Waals surface area contributed by atoms with Crippen LogP contribution in [0.25, 0.3) is 0 Å². The first-order valence-corrected chi connectivity index (χ1v) is 7.88. The van der Waals surface area contributed by atoms with Crippen LogP contribution in [0.1, 0.15) is 37.3 Å². The molecule has 2 atom stereocenters. The van der Waals surface area contributed by atoms with Crippen molar-refractivity contribution in [2.24, 2.45) is 11.7 Å². The molecule has 3 N–H and O–H groups in total. The van der Waals surface area contributed by atoms with E-state index in [4.69, 9.17) is 10.8 Å². The summed E-state index contributed by atoms with van der Waals surface area (Å²) in [6.45, 7) is 4.72. The van der Waals surface area contributed by atoms with Crippen LogP contribution < -0.4 is 5.73 Å². The van der Waals surface area contributed by atoms with Gasteiger partial charge in [0.2, 0.25) is 0 Å². The number of hydrogen-bond donors (Lipinski definition) is 2. The average Bonchev–Trinajstić information content (AvgIpc) is 2.94. The molecule has 4 heteroatoms. The van der Waals surface area contributed by atoms with E-state index in [1.165, 1.54) is 19.3 Å². The third kappa shape index (κ3) is 4.05. The second kappa shape index (κ2) is 7.57. The van der Waals surface area contributed by atoms with E-state index in [9.17, 15) is 4.79 Å². The molecule has 2 unspecified atom stereocenters. The van der Waals surface area contributed by atoms with E-state index in [1.807, 2.05) is 24.3 Å². The molecule has 0 aliphatic heterocycles. The first-order chi connectivity index (χ1) is 10.2. The maximum Gasteiger partial charge on any atom is 0.307 e. The lowest BCUT2D eigenvalue weighted by atomic mass is 9.99. The number of carboxylic acids is 1. The van der Waals surface area contributed by atoms with Crippen LogP contribution >= 0.6 is 0 Å². The highest BCUT2D eigenvalue weighted by Gasteiger charge is 2.30. The van der Waals surface area contributed by atoms with Gasteiger partial charge in [0, 0.05) is 12.6 Å². The molecule has 21 heavy (non-hydrogen) atoms. The summed E-state index contributed by atoms with van der Waals surface area (Å²) in [5, 5.41) is 9.04. The van der Waals surface area contributed by atoms with E-state index >= 15 is 0 Å². The number of carbonyl (C=O) groups is 1. The molecule has 116 valence electrons. The Morgan fingerprint density at radius 2 is 2.05 bits per heavy atom. The first kappa shape index (κ1) is 16.0. The number of carboxylic acid groups (broad SMARTS) is 1. The smallest absolute Gasteiger partial charge is 0.307 e. The van der Waals surface area contributed by atoms with Crippen LogP contribution in [0, 0.1) is 5.92 Å². The molecular formula is C17H26N2O2. The van der Waals surface area contributed by atoms with E-state index in [0.717, 1.165) is 30.8 Å². The lowest BCUT2D eigenvalue weighted by Gasteiger charge is -2.32. The van der Waals surface area contributed by atoms with Crippen LogP contribution in [0.2, 0.25) is 0 Å². The van der Waals surface area contributed by atoms with Crippen LogP contribution in [-0.4, -0.2) is 35.1 Å². The minimum absolute atomic E-state index is 0.0959. The van der Waals surface area contributed by atoms with Crippen molar-refractivity contribution in [2.45, 2.75) is 45.2 Å². The predicted molar refractivity (Wildman–Crippen MR) is 84.0 cm³/mol. The molecule has 0 spiro atoms. The van der Waals surface area contributed by atoms with Crippen molar-refractivity contribution in [3.05, 3.63) is 35.4 Å². The van der Waals surface area contributed by atoms with Gasteiger partial charge in [-0.05, 0) is 43.0 Å². The molecule has 0 saturated heterocycles. The summed E-state index contributed by atoms with van der Waals surface area (Å²) in [6, 6.07) is 8.41. The second-order valence-electron chi connectivity index (χ2n) is 5.90. The van der Waals surface area contributed by atoms with Gasteiger partial charge in [-0.2, -0.15) is 0 Å². The van der Waals surface area contributed by atoms with Crippen molar-refractivity contribution in [2.75, 3.05) is 13.1 Å². The Kier molecular flexibility index (Phi) is 5.76. The third-order valence-electron chi connectivity index (χ3n) is 4.63. The lowest BCUT2D eigenvalue weighted by molar-refractivity contribution is -0.136. The Labute approximate surface area is 126 Å². The summed E-state index contributed by atoms with van der Waals surface area (Å²) in [7, 11) is 0. The minimum Gasteiger partial charge on any atom is -0.481 e. The van der Waals surface area contributed by atoms with Gasteiger partial charge in [0.05, 0.1) is 6.42 Å². The van der Waals surface area contributed by atoms with Gasteiger partial charge in [-0.15, -0.1) is 0 Å². The van der Waals surface area contributed by atoms with E-state index in [-0.39, 0.29) is 6.42 Å². The summed E-state index contributed by atoms with van der Waals surface area (Å²) in [5.74, 6) is -0.192. The molecule has 0 amide bonds. The summed E-state index contributed by atoms with van der Waals surface area (Å²) in [4.78, 5) is 13.5. The highest BCUT2D eigenvalue weighted by Crippen LogP contribution is 2.30. The SMILES string of the molecule is CCN(Cc1ccccc1CC(=O)O)C1CCCC1CN. The summed E-state index contributed by atoms with van der Waals surface area (Å²) in [5.41, 5.74) is 7.95. The predicted octanol–water partition coefficient (Wildman–Crippen LogP) is 2.26. The van der Waals surface area contributed by atoms with Crippen LogP contribution in [0.3, 0.4) is 0 Å². The van der Waals surface area contributed by atoms with E-state index in [0.29, 0.717) is 12.0 Å². The molecule has 0 heterocycles. The van der Waals surface area contributed by atoms with Gasteiger partial charge >= 0.3 is 5.97 Å². The highest BCUT2D eigenvalue weighted by atomic mass is 16.4. The average molecular weight is 290 g/mol. The fourth-order valence-electron chi connectivity index (χ4n) is 3.50. The maximum atomic E-state index is 11.0. The normalized spacial score (nSPS) is 21.9. The van der Waals surface area contributed by atoms with Crippen molar-refractivity contribution >= 4 is 5.97 Å². The van der Waals surface area contributed by atoms with Crippen molar-refractivity contribution in [1.82, 2.24) is 4.90 Å². The van der Waals surface area contributed by atoms with Gasteiger partial charge < -0.3 is 10.8 Å². The molecular weight excluding hydrogens is 264 g/mol. The Bertz CT molecular complexity index is 476. The van der Waals surface area contributed by atoms with E-state index in [1.54, 1.807) is 0 Å². The minimum atomic E-state index is -0.772. The van der Waals surface area contributed by atoms with Gasteiger partial charge in [-0.3, -0.25) is 9.69 Å². The van der Waals surface area contributed by atoms with Crippen molar-refractivity contribution in [1.29, 1.82) is 0 Å². The zero-order valence-electron chi connectivity index (χ0n) is 12.8. The summed E-state index contributed by atoms with van der Waals surface area (Å²) < 4.78 is 0. The molecule has 1 aromatic rings. The van der Waals surface area contributed by atoms with Crippen molar-refractivity contribution in [3.63, 3.8) is 0 Å². The van der Waals surface area contributed by atoms with Crippen LogP contribution in [0.4, 0.5) is 0 Å². The number of aliphatic carboxylic acids is 1. The van der Waals surface area contributed by atoms with Crippen LogP contribution in [-0.2, 0) is 17.8 Å². The van der Waals surface area contributed by atoms with Gasteiger partial charge in [0.1, 0.15) is 0 Å². The quantitative estimate of drug-likeness (QED) is 0.808. The standard InChI is InChI=1S/C17H26N2O2/c1-2-19(16-9-5-8-14(16)11-18)12-15-7-4-3-6-13(15)10-17(20)21/h3-4,6-7,14,16H,2,5,8-12,18H2,1H3,(H,20,21). The van der Waals surface area contributed by atoms with Gasteiger partial charge in [0.15, 0.2) is 0 Å². The number of nitrogens with zero attached hydrogens (tertiary/aromatic N) is 1. The van der Waals surface area contributed by atoms with E-state index < -0.39 is 5.97 Å². The Balaban J connectivity index is 2.13. The fourth-order valence-corrected chi connectivity index (χ4v) is 3.50. The van der Waals surface area contributed by atoms with E-state index in [2.05, 4.69) is 11.8 Å². The monoisotopic (exact) mass is 290 g/mol. The number of rotatable bonds is 7. The van der Waals surface area contributed by atoms with Crippen molar-refractivity contribution in [3.8, 4) is 0 Å². The zero-order chi connectivity index (χ0) is 15.2. The van der Waals surface area contributed by atoms with Gasteiger partial charge in [0.25, 0.3) is 0 Å². The molecule has 0 aromatic heterocycles. The number of benzene rings is 1. The van der Waals surface area contributed by atoms with Crippen LogP contribution in [0.15, 0.2) is 24.3 Å². The Hall–Kier alpha value is -1.39. The lowest BCUT2D eigenvalue weighted by Crippen LogP contribution is -2.40. The summed E-state index contributed by atoms with van der Waals surface area (Å²) in [6.07, 6.45) is 3.77. The highest BCUT2D eigenvalue weighted by molar-refractivity contribution is 5.70.